The number of aromatic nitrogens is 2. The minimum absolute atomic E-state index is 0.0287. The molecule has 8 rings (SSSR count). The van der Waals surface area contributed by atoms with E-state index >= 15 is 0 Å². The molecule has 272 valence electrons. The van der Waals surface area contributed by atoms with Gasteiger partial charge in [-0.3, -0.25) is 21.6 Å². The lowest BCUT2D eigenvalue weighted by Gasteiger charge is -2.36. The zero-order valence-corrected chi connectivity index (χ0v) is 29.8. The smallest absolute Gasteiger partial charge is 0.131 e. The van der Waals surface area contributed by atoms with Crippen molar-refractivity contribution in [2.45, 2.75) is 23.7 Å². The number of nitrogens with one attached hydrogen (secondary N) is 6. The number of amidine groups is 4. The van der Waals surface area contributed by atoms with Gasteiger partial charge in [-0.15, -0.1) is 0 Å². The van der Waals surface area contributed by atoms with Gasteiger partial charge < -0.3 is 37.6 Å². The van der Waals surface area contributed by atoms with Crippen LogP contribution in [0.3, 0.4) is 0 Å². The van der Waals surface area contributed by atoms with Gasteiger partial charge in [0.15, 0.2) is 0 Å². The van der Waals surface area contributed by atoms with Crippen LogP contribution < -0.4 is 22.9 Å². The van der Waals surface area contributed by atoms with Crippen LogP contribution in [0.2, 0.25) is 0 Å². The fourth-order valence-corrected chi connectivity index (χ4v) is 7.66. The van der Waals surface area contributed by atoms with Crippen LogP contribution in [0.1, 0.15) is 46.5 Å². The van der Waals surface area contributed by atoms with Crippen LogP contribution in [0.4, 0.5) is 0 Å². The van der Waals surface area contributed by atoms with E-state index in [0.717, 1.165) is 55.5 Å². The van der Waals surface area contributed by atoms with Crippen molar-refractivity contribution >= 4 is 56.3 Å². The topological polar surface area (TPSA) is 240 Å². The van der Waals surface area contributed by atoms with Gasteiger partial charge in [-0.2, -0.15) is 0 Å². The maximum Gasteiger partial charge on any atom is 0.131 e. The second-order valence-electron chi connectivity index (χ2n) is 14.1. The van der Waals surface area contributed by atoms with Gasteiger partial charge in [0.2, 0.25) is 0 Å². The lowest BCUT2D eigenvalue weighted by atomic mass is 9.72. The summed E-state index contributed by atoms with van der Waals surface area (Å²) in [5.41, 5.74) is 30.3. The fraction of sp³-hybridized carbons (Fsp3) is 0.0909. The highest BCUT2D eigenvalue weighted by Gasteiger charge is 2.42. The number of hydrogen-bond donors (Lipinski definition) is 10. The molecule has 14 N–H and O–H groups in total. The Labute approximate surface area is 317 Å². The number of allylic oxidation sites excluding steroid dienone is 4. The molecule has 2 heterocycles. The average Bonchev–Trinajstić information content (AvgIpc) is 3.83. The lowest BCUT2D eigenvalue weighted by Crippen LogP contribution is -2.41. The minimum atomic E-state index is -1.02. The van der Waals surface area contributed by atoms with Crippen molar-refractivity contribution in [1.29, 1.82) is 21.6 Å². The molecule has 2 aliphatic carbocycles. The van der Waals surface area contributed by atoms with Crippen LogP contribution in [0.25, 0.3) is 33.0 Å². The Bertz CT molecular complexity index is 2510. The van der Waals surface area contributed by atoms with Gasteiger partial charge in [0.25, 0.3) is 0 Å². The molecule has 2 aliphatic rings. The van der Waals surface area contributed by atoms with Crippen molar-refractivity contribution in [1.82, 2.24) is 9.97 Å². The number of aromatic amines is 2. The van der Waals surface area contributed by atoms with Crippen molar-refractivity contribution in [3.63, 3.8) is 0 Å². The molecule has 0 saturated heterocycles. The summed E-state index contributed by atoms with van der Waals surface area (Å²) in [5.74, 6) is 1.08. The Kier molecular flexibility index (Phi) is 8.34. The third-order valence-corrected chi connectivity index (χ3v) is 10.8. The van der Waals surface area contributed by atoms with Crippen LogP contribution in [-0.4, -0.2) is 33.3 Å². The molecule has 2 aromatic heterocycles. The zero-order chi connectivity index (χ0) is 38.5. The number of nitrogens with two attached hydrogens (primary N) is 4. The highest BCUT2D eigenvalue weighted by molar-refractivity contribution is 6.02. The van der Waals surface area contributed by atoms with Gasteiger partial charge in [-0.25, -0.2) is 0 Å². The second-order valence-corrected chi connectivity index (χ2v) is 14.1. The summed E-state index contributed by atoms with van der Waals surface area (Å²) in [6.45, 7) is 0. The van der Waals surface area contributed by atoms with Gasteiger partial charge in [-0.05, 0) is 71.2 Å². The van der Waals surface area contributed by atoms with Crippen LogP contribution in [0, 0.1) is 21.6 Å². The second kappa shape index (κ2) is 13.2. The Morgan fingerprint density at radius 3 is 1.29 bits per heavy atom. The Morgan fingerprint density at radius 1 is 0.527 bits per heavy atom. The SMILES string of the molecule is N=C(N)c1ccc2cc(C3(C(=N)N)C=CC(OC4=C(c5ccccc5)CC(C(=N)N)(c5cc6ccc(C(=N)N)cc6[nH]5)C=C4)=C(c4ccccc4)C3)[nH]c2c1. The third kappa shape index (κ3) is 5.97. The van der Waals surface area contributed by atoms with Gasteiger partial charge in [0.1, 0.15) is 34.9 Å². The van der Waals surface area contributed by atoms with Crippen molar-refractivity contribution in [3.8, 4) is 0 Å². The van der Waals surface area contributed by atoms with E-state index in [1.807, 2.05) is 121 Å². The summed E-state index contributed by atoms with van der Waals surface area (Å²) in [6, 6.07) is 34.9. The molecule has 0 bridgehead atoms. The van der Waals surface area contributed by atoms with Crippen LogP contribution in [-0.2, 0) is 15.6 Å². The normalized spacial score (nSPS) is 19.6. The molecule has 2 unspecified atom stereocenters. The summed E-state index contributed by atoms with van der Waals surface area (Å²) < 4.78 is 6.95. The highest BCUT2D eigenvalue weighted by atomic mass is 16.5. The number of nitrogen functional groups attached to an aromatic ring is 2. The number of rotatable bonds is 10. The number of fused-ring (bicyclic) bond motifs is 2. The molecule has 2 atom stereocenters. The van der Waals surface area contributed by atoms with Gasteiger partial charge in [0.05, 0.1) is 10.8 Å². The first-order valence-electron chi connectivity index (χ1n) is 17.8. The first-order valence-corrected chi connectivity index (χ1v) is 17.8. The summed E-state index contributed by atoms with van der Waals surface area (Å²) in [5, 5.41) is 35.5. The molecule has 55 heavy (non-hydrogen) atoms. The predicted molar refractivity (Wildman–Crippen MR) is 221 cm³/mol. The quantitative estimate of drug-likeness (QED) is 0.0527. The predicted octanol–water partition coefficient (Wildman–Crippen LogP) is 7.02. The first kappa shape index (κ1) is 34.7. The Morgan fingerprint density at radius 2 is 0.927 bits per heavy atom. The van der Waals surface area contributed by atoms with Crippen LogP contribution >= 0.6 is 0 Å². The molecule has 0 spiro atoms. The number of H-pyrrole nitrogens is 2. The van der Waals surface area contributed by atoms with E-state index in [1.165, 1.54) is 0 Å². The van der Waals surface area contributed by atoms with Crippen LogP contribution in [0.15, 0.2) is 145 Å². The van der Waals surface area contributed by atoms with Crippen molar-refractivity contribution < 1.29 is 4.74 Å². The molecule has 11 nitrogen and oxygen atoms in total. The molecule has 6 aromatic rings. The first-order chi connectivity index (χ1) is 26.5. The van der Waals surface area contributed by atoms with Gasteiger partial charge in [0, 0.05) is 44.7 Å². The number of benzene rings is 4. The molecule has 0 radical (unpaired) electrons. The van der Waals surface area contributed by atoms with Gasteiger partial charge >= 0.3 is 0 Å². The fourth-order valence-electron chi connectivity index (χ4n) is 7.66. The monoisotopic (exact) mass is 724 g/mol. The van der Waals surface area contributed by atoms with Gasteiger partial charge in [-0.1, -0.05) is 97.1 Å². The van der Waals surface area contributed by atoms with Crippen LogP contribution in [0.5, 0.6) is 0 Å². The minimum Gasteiger partial charge on any atom is -0.457 e. The molecule has 0 amide bonds. The van der Waals surface area contributed by atoms with E-state index in [9.17, 15) is 0 Å². The zero-order valence-electron chi connectivity index (χ0n) is 29.8. The highest BCUT2D eigenvalue weighted by Crippen LogP contribution is 2.46. The summed E-state index contributed by atoms with van der Waals surface area (Å²) in [4.78, 5) is 6.95. The largest absolute Gasteiger partial charge is 0.457 e. The lowest BCUT2D eigenvalue weighted by molar-refractivity contribution is 0.331. The summed E-state index contributed by atoms with van der Waals surface area (Å²) in [6.07, 6.45) is 8.28. The number of hydrogen-bond acceptors (Lipinski definition) is 5. The molecule has 11 heteroatoms. The molecular weight excluding hydrogens is 685 g/mol. The maximum atomic E-state index is 8.93. The standard InChI is InChI=1S/C44H40N10O/c45-39(46)29-13-11-27-21-37(53-33(27)19-29)43(41(49)50)17-15-35(31(23-43)25-7-3-1-4-8-25)55-36-16-18-44(42(51)52,24-32(36)26-9-5-2-6-10-26)38-22-28-12-14-30(40(47)48)20-34(28)54-38/h1-22,53-54H,23-24H2,(H3,45,46)(H3,47,48)(H3,49,50)(H3,51,52). The Hall–Kier alpha value is -7.40. The molecule has 4 aromatic carbocycles. The van der Waals surface area contributed by atoms with E-state index in [0.29, 0.717) is 35.5 Å². The number of ether oxygens (including phenoxy) is 1. The Balaban J connectivity index is 1.24. The molecular formula is C44H40N10O. The molecule has 0 saturated carbocycles. The average molecular weight is 725 g/mol. The summed E-state index contributed by atoms with van der Waals surface area (Å²) in [7, 11) is 0. The van der Waals surface area contributed by atoms with E-state index in [-0.39, 0.29) is 23.3 Å². The molecule has 0 fully saturated rings. The summed E-state index contributed by atoms with van der Waals surface area (Å²) >= 11 is 0. The molecule has 0 aliphatic heterocycles. The van der Waals surface area contributed by atoms with Crippen molar-refractivity contribution in [2.24, 2.45) is 22.9 Å². The van der Waals surface area contributed by atoms with E-state index in [1.54, 1.807) is 12.1 Å². The van der Waals surface area contributed by atoms with Crippen molar-refractivity contribution in [2.75, 3.05) is 0 Å². The van der Waals surface area contributed by atoms with Crippen molar-refractivity contribution in [3.05, 3.63) is 179 Å². The van der Waals surface area contributed by atoms with E-state index in [2.05, 4.69) is 9.97 Å². The van der Waals surface area contributed by atoms with E-state index < -0.39 is 10.8 Å². The maximum absolute atomic E-state index is 8.93. The third-order valence-electron chi connectivity index (χ3n) is 10.8. The van der Waals surface area contributed by atoms with E-state index in [4.69, 9.17) is 49.3 Å².